The van der Waals surface area contributed by atoms with Gasteiger partial charge >= 0.3 is 0 Å². The SMILES string of the molecule is COc1cccc(C2CC(O)CN2C(=O)c2nsc3ccc(C)cc23)c1. The van der Waals surface area contributed by atoms with E-state index in [-0.39, 0.29) is 11.9 Å². The lowest BCUT2D eigenvalue weighted by Crippen LogP contribution is -2.32. The first-order chi connectivity index (χ1) is 12.6. The van der Waals surface area contributed by atoms with Crippen molar-refractivity contribution in [2.75, 3.05) is 13.7 Å². The van der Waals surface area contributed by atoms with Crippen molar-refractivity contribution in [2.45, 2.75) is 25.5 Å². The van der Waals surface area contributed by atoms with E-state index < -0.39 is 6.10 Å². The second-order valence-corrected chi connectivity index (χ2v) is 7.48. The van der Waals surface area contributed by atoms with Crippen molar-refractivity contribution in [1.82, 2.24) is 9.27 Å². The van der Waals surface area contributed by atoms with Crippen LogP contribution < -0.4 is 4.74 Å². The number of fused-ring (bicyclic) bond motifs is 1. The Morgan fingerprint density at radius 3 is 2.96 bits per heavy atom. The smallest absolute Gasteiger partial charge is 0.274 e. The Kier molecular flexibility index (Phi) is 4.38. The number of hydrogen-bond donors (Lipinski definition) is 1. The number of nitrogens with zero attached hydrogens (tertiary/aromatic N) is 2. The van der Waals surface area contributed by atoms with Crippen LogP contribution in [-0.2, 0) is 0 Å². The number of aliphatic hydroxyl groups excluding tert-OH is 1. The lowest BCUT2D eigenvalue weighted by atomic mass is 10.0. The van der Waals surface area contributed by atoms with E-state index in [0.29, 0.717) is 18.7 Å². The molecule has 26 heavy (non-hydrogen) atoms. The van der Waals surface area contributed by atoms with Crippen LogP contribution in [0.3, 0.4) is 0 Å². The second kappa shape index (κ2) is 6.70. The fraction of sp³-hybridized carbons (Fsp3) is 0.300. The van der Waals surface area contributed by atoms with Crippen molar-refractivity contribution in [3.05, 3.63) is 59.3 Å². The number of amides is 1. The van der Waals surface area contributed by atoms with Crippen molar-refractivity contribution in [3.63, 3.8) is 0 Å². The van der Waals surface area contributed by atoms with Crippen LogP contribution in [0.15, 0.2) is 42.5 Å². The molecule has 0 radical (unpaired) electrons. The summed E-state index contributed by atoms with van der Waals surface area (Å²) >= 11 is 1.33. The zero-order valence-corrected chi connectivity index (χ0v) is 15.5. The third-order valence-corrected chi connectivity index (χ3v) is 5.67. The molecule has 1 fully saturated rings. The van der Waals surface area contributed by atoms with Gasteiger partial charge in [-0.1, -0.05) is 23.8 Å². The number of aliphatic hydroxyl groups is 1. The highest BCUT2D eigenvalue weighted by Gasteiger charge is 2.37. The minimum atomic E-state index is -0.540. The normalized spacial score (nSPS) is 19.9. The second-order valence-electron chi connectivity index (χ2n) is 6.67. The molecule has 1 saturated heterocycles. The molecule has 1 N–H and O–H groups in total. The van der Waals surface area contributed by atoms with Gasteiger partial charge in [-0.2, -0.15) is 4.37 Å². The fourth-order valence-corrected chi connectivity index (χ4v) is 4.29. The Morgan fingerprint density at radius 1 is 1.31 bits per heavy atom. The van der Waals surface area contributed by atoms with Crippen molar-refractivity contribution < 1.29 is 14.6 Å². The zero-order chi connectivity index (χ0) is 18.3. The van der Waals surface area contributed by atoms with E-state index in [9.17, 15) is 9.90 Å². The van der Waals surface area contributed by atoms with Gasteiger partial charge in [0.1, 0.15) is 11.4 Å². The summed E-state index contributed by atoms with van der Waals surface area (Å²) in [6, 6.07) is 13.5. The van der Waals surface area contributed by atoms with Gasteiger partial charge in [-0.05, 0) is 54.7 Å². The predicted octanol–water partition coefficient (Wildman–Crippen LogP) is 3.56. The topological polar surface area (TPSA) is 62.7 Å². The van der Waals surface area contributed by atoms with Crippen molar-refractivity contribution in [2.24, 2.45) is 0 Å². The molecule has 6 heteroatoms. The number of benzene rings is 2. The molecule has 1 amide bonds. The first kappa shape index (κ1) is 17.0. The Hall–Kier alpha value is -2.44. The van der Waals surface area contributed by atoms with Crippen LogP contribution in [0.25, 0.3) is 10.1 Å². The molecule has 4 rings (SSSR count). The van der Waals surface area contributed by atoms with Gasteiger partial charge in [-0.15, -0.1) is 0 Å². The van der Waals surface area contributed by atoms with Gasteiger partial charge in [0.25, 0.3) is 5.91 Å². The predicted molar refractivity (Wildman–Crippen MR) is 102 cm³/mol. The van der Waals surface area contributed by atoms with Gasteiger partial charge in [0.2, 0.25) is 0 Å². The van der Waals surface area contributed by atoms with E-state index in [4.69, 9.17) is 4.74 Å². The van der Waals surface area contributed by atoms with Gasteiger partial charge in [0.05, 0.1) is 24.0 Å². The summed E-state index contributed by atoms with van der Waals surface area (Å²) in [5, 5.41) is 11.1. The average Bonchev–Trinajstić information content (AvgIpc) is 3.24. The molecule has 0 bridgehead atoms. The van der Waals surface area contributed by atoms with E-state index in [2.05, 4.69) is 4.37 Å². The maximum Gasteiger partial charge on any atom is 0.274 e. The first-order valence-corrected chi connectivity index (χ1v) is 9.33. The maximum atomic E-state index is 13.2. The van der Waals surface area contributed by atoms with Crippen molar-refractivity contribution in [1.29, 1.82) is 0 Å². The summed E-state index contributed by atoms with van der Waals surface area (Å²) in [4.78, 5) is 15.0. The molecular formula is C20H20N2O3S. The summed E-state index contributed by atoms with van der Waals surface area (Å²) in [7, 11) is 1.62. The number of ether oxygens (including phenoxy) is 1. The molecule has 2 aromatic carbocycles. The van der Waals surface area contributed by atoms with Crippen molar-refractivity contribution >= 4 is 27.5 Å². The highest BCUT2D eigenvalue weighted by molar-refractivity contribution is 7.13. The third-order valence-electron chi connectivity index (χ3n) is 4.85. The highest BCUT2D eigenvalue weighted by atomic mass is 32.1. The molecular weight excluding hydrogens is 348 g/mol. The number of β-amino-alcohol motifs (C(OH)–C–C–N with tert-alkyl or cyclic N) is 1. The van der Waals surface area contributed by atoms with Gasteiger partial charge in [0, 0.05) is 11.9 Å². The molecule has 3 aromatic rings. The molecule has 0 aliphatic carbocycles. The highest BCUT2D eigenvalue weighted by Crippen LogP contribution is 2.36. The standard InChI is InChI=1S/C20H20N2O3S/c1-12-6-7-18-16(8-12)19(21-26-18)20(24)22-11-14(23)10-17(22)13-4-3-5-15(9-13)25-2/h3-9,14,17,23H,10-11H2,1-2H3. The van der Waals surface area contributed by atoms with Crippen LogP contribution in [0.4, 0.5) is 0 Å². The Labute approximate surface area is 156 Å². The number of aryl methyl sites for hydroxylation is 1. The molecule has 1 aliphatic rings. The quantitative estimate of drug-likeness (QED) is 0.768. The first-order valence-electron chi connectivity index (χ1n) is 8.56. The monoisotopic (exact) mass is 368 g/mol. The van der Waals surface area contributed by atoms with E-state index in [1.54, 1.807) is 12.0 Å². The Morgan fingerprint density at radius 2 is 2.15 bits per heavy atom. The van der Waals surface area contributed by atoms with Gasteiger partial charge in [0.15, 0.2) is 0 Å². The molecule has 1 aromatic heterocycles. The minimum Gasteiger partial charge on any atom is -0.497 e. The van der Waals surface area contributed by atoms with Crippen LogP contribution in [0, 0.1) is 6.92 Å². The lowest BCUT2D eigenvalue weighted by molar-refractivity contribution is 0.0713. The van der Waals surface area contributed by atoms with Crippen molar-refractivity contribution in [3.8, 4) is 5.75 Å². The number of aromatic nitrogens is 1. The minimum absolute atomic E-state index is 0.133. The Balaban J connectivity index is 1.71. The van der Waals surface area contributed by atoms with Gasteiger partial charge in [-0.25, -0.2) is 0 Å². The van der Waals surface area contributed by atoms with Crippen LogP contribution in [0.1, 0.15) is 34.1 Å². The lowest BCUT2D eigenvalue weighted by Gasteiger charge is -2.24. The molecule has 134 valence electrons. The van der Waals surface area contributed by atoms with E-state index >= 15 is 0 Å². The number of carbonyl (C=O) groups is 1. The average molecular weight is 368 g/mol. The van der Waals surface area contributed by atoms with Gasteiger partial charge in [-0.3, -0.25) is 4.79 Å². The van der Waals surface area contributed by atoms with Crippen LogP contribution in [0.5, 0.6) is 5.75 Å². The number of carbonyl (C=O) groups excluding carboxylic acids is 1. The van der Waals surface area contributed by atoms with E-state index in [0.717, 1.165) is 27.0 Å². The number of rotatable bonds is 3. The zero-order valence-electron chi connectivity index (χ0n) is 14.7. The number of hydrogen-bond acceptors (Lipinski definition) is 5. The molecule has 1 aliphatic heterocycles. The van der Waals surface area contributed by atoms with Crippen LogP contribution >= 0.6 is 11.5 Å². The Bertz CT molecular complexity index is 969. The molecule has 2 atom stereocenters. The third kappa shape index (κ3) is 2.95. The number of likely N-dealkylation sites (tertiary alicyclic amines) is 1. The summed E-state index contributed by atoms with van der Waals surface area (Å²) in [6.07, 6.45) is -0.0261. The van der Waals surface area contributed by atoms with E-state index in [1.165, 1.54) is 11.5 Å². The van der Waals surface area contributed by atoms with Crippen LogP contribution in [-0.4, -0.2) is 40.0 Å². The summed E-state index contributed by atoms with van der Waals surface area (Å²) in [6.45, 7) is 2.32. The summed E-state index contributed by atoms with van der Waals surface area (Å²) < 4.78 is 10.7. The van der Waals surface area contributed by atoms with Gasteiger partial charge < -0.3 is 14.7 Å². The largest absolute Gasteiger partial charge is 0.497 e. The number of methoxy groups -OCH3 is 1. The molecule has 2 heterocycles. The maximum absolute atomic E-state index is 13.2. The molecule has 0 saturated carbocycles. The summed E-state index contributed by atoms with van der Waals surface area (Å²) in [5.74, 6) is 0.609. The van der Waals surface area contributed by atoms with Crippen LogP contribution in [0.2, 0.25) is 0 Å². The fourth-order valence-electron chi connectivity index (χ4n) is 3.55. The summed E-state index contributed by atoms with van der Waals surface area (Å²) in [5.41, 5.74) is 2.53. The molecule has 2 unspecified atom stereocenters. The van der Waals surface area contributed by atoms with E-state index in [1.807, 2.05) is 49.4 Å². The molecule has 0 spiro atoms. The molecule has 5 nitrogen and oxygen atoms in total.